The summed E-state index contributed by atoms with van der Waals surface area (Å²) in [5.74, 6) is 1.91. The van der Waals surface area contributed by atoms with E-state index in [0.717, 1.165) is 24.6 Å². The Bertz CT molecular complexity index is 462. The Morgan fingerprint density at radius 2 is 2.28 bits per heavy atom. The fourth-order valence-corrected chi connectivity index (χ4v) is 2.36. The molecule has 0 unspecified atom stereocenters. The molecule has 18 heavy (non-hydrogen) atoms. The van der Waals surface area contributed by atoms with Crippen LogP contribution in [0.25, 0.3) is 0 Å². The zero-order chi connectivity index (χ0) is 12.8. The standard InChI is InChI=1S/C14H19NO2S/c1-3-15-8-14-11(2)7-12(17-14)9-16-10-13-5-4-6-18-13/h4-7,15H,3,8-10H2,1-2H3. The molecule has 2 aromatic rings. The van der Waals surface area contributed by atoms with Crippen LogP contribution >= 0.6 is 11.3 Å². The van der Waals surface area contributed by atoms with Gasteiger partial charge in [-0.15, -0.1) is 11.3 Å². The molecule has 2 heterocycles. The number of hydrogen-bond acceptors (Lipinski definition) is 4. The number of thiophene rings is 1. The lowest BCUT2D eigenvalue weighted by atomic mass is 10.2. The lowest BCUT2D eigenvalue weighted by molar-refractivity contribution is 0.0938. The second-order valence-electron chi connectivity index (χ2n) is 4.17. The maximum Gasteiger partial charge on any atom is 0.130 e. The molecule has 0 aromatic carbocycles. The van der Waals surface area contributed by atoms with Crippen molar-refractivity contribution < 1.29 is 9.15 Å². The molecule has 0 saturated heterocycles. The molecule has 0 saturated carbocycles. The average molecular weight is 265 g/mol. The molecular weight excluding hydrogens is 246 g/mol. The molecule has 0 aliphatic carbocycles. The summed E-state index contributed by atoms with van der Waals surface area (Å²) in [5.41, 5.74) is 1.19. The molecule has 1 N–H and O–H groups in total. The van der Waals surface area contributed by atoms with Gasteiger partial charge in [-0.3, -0.25) is 0 Å². The zero-order valence-electron chi connectivity index (χ0n) is 10.9. The number of nitrogens with one attached hydrogen (secondary N) is 1. The first kappa shape index (κ1) is 13.3. The van der Waals surface area contributed by atoms with Crippen molar-refractivity contribution in [3.05, 3.63) is 45.5 Å². The Morgan fingerprint density at radius 3 is 3.00 bits per heavy atom. The predicted octanol–water partition coefficient (Wildman–Crippen LogP) is 3.48. The fourth-order valence-electron chi connectivity index (χ4n) is 1.72. The van der Waals surface area contributed by atoms with Crippen LogP contribution in [0.15, 0.2) is 28.0 Å². The van der Waals surface area contributed by atoms with Crippen molar-refractivity contribution in [1.82, 2.24) is 5.32 Å². The van der Waals surface area contributed by atoms with Crippen LogP contribution in [-0.4, -0.2) is 6.54 Å². The van der Waals surface area contributed by atoms with Crippen molar-refractivity contribution in [2.45, 2.75) is 33.6 Å². The third kappa shape index (κ3) is 3.70. The lowest BCUT2D eigenvalue weighted by Gasteiger charge is -2.00. The van der Waals surface area contributed by atoms with E-state index in [-0.39, 0.29) is 0 Å². The smallest absolute Gasteiger partial charge is 0.130 e. The van der Waals surface area contributed by atoms with E-state index in [9.17, 15) is 0 Å². The minimum absolute atomic E-state index is 0.533. The first-order valence-electron chi connectivity index (χ1n) is 6.18. The van der Waals surface area contributed by atoms with E-state index < -0.39 is 0 Å². The summed E-state index contributed by atoms with van der Waals surface area (Å²) >= 11 is 1.71. The number of furan rings is 1. The number of rotatable bonds is 7. The van der Waals surface area contributed by atoms with Crippen LogP contribution < -0.4 is 5.32 Å². The number of hydrogen-bond donors (Lipinski definition) is 1. The van der Waals surface area contributed by atoms with Crippen molar-refractivity contribution in [1.29, 1.82) is 0 Å². The molecule has 0 radical (unpaired) electrons. The van der Waals surface area contributed by atoms with Gasteiger partial charge in [0.25, 0.3) is 0 Å². The predicted molar refractivity (Wildman–Crippen MR) is 73.6 cm³/mol. The van der Waals surface area contributed by atoms with Gasteiger partial charge in [-0.05, 0) is 36.5 Å². The molecule has 0 fully saturated rings. The minimum Gasteiger partial charge on any atom is -0.462 e. The van der Waals surface area contributed by atoms with Crippen LogP contribution in [0.5, 0.6) is 0 Å². The quantitative estimate of drug-likeness (QED) is 0.832. The summed E-state index contributed by atoms with van der Waals surface area (Å²) in [6.45, 7) is 7.07. The third-order valence-corrected chi connectivity index (χ3v) is 3.53. The van der Waals surface area contributed by atoms with Crippen molar-refractivity contribution in [3.8, 4) is 0 Å². The number of aryl methyl sites for hydroxylation is 1. The molecule has 0 bridgehead atoms. The highest BCUT2D eigenvalue weighted by Gasteiger charge is 2.07. The second kappa shape index (κ2) is 6.73. The first-order chi connectivity index (χ1) is 8.79. The maximum atomic E-state index is 5.75. The van der Waals surface area contributed by atoms with Crippen molar-refractivity contribution >= 4 is 11.3 Å². The monoisotopic (exact) mass is 265 g/mol. The molecule has 98 valence electrons. The second-order valence-corrected chi connectivity index (χ2v) is 5.20. The van der Waals surface area contributed by atoms with Gasteiger partial charge in [0.2, 0.25) is 0 Å². The van der Waals surface area contributed by atoms with E-state index in [4.69, 9.17) is 9.15 Å². The van der Waals surface area contributed by atoms with Crippen molar-refractivity contribution in [3.63, 3.8) is 0 Å². The topological polar surface area (TPSA) is 34.4 Å². The number of ether oxygens (including phenoxy) is 1. The maximum absolute atomic E-state index is 5.75. The highest BCUT2D eigenvalue weighted by atomic mass is 32.1. The van der Waals surface area contributed by atoms with Crippen LogP contribution in [0.1, 0.15) is 28.9 Å². The van der Waals surface area contributed by atoms with E-state index >= 15 is 0 Å². The normalized spacial score (nSPS) is 11.0. The van der Waals surface area contributed by atoms with E-state index in [1.54, 1.807) is 11.3 Å². The van der Waals surface area contributed by atoms with Gasteiger partial charge in [0, 0.05) is 4.88 Å². The summed E-state index contributed by atoms with van der Waals surface area (Å²) in [5, 5.41) is 5.32. The van der Waals surface area contributed by atoms with Gasteiger partial charge >= 0.3 is 0 Å². The van der Waals surface area contributed by atoms with E-state index in [0.29, 0.717) is 13.2 Å². The Hall–Kier alpha value is -1.10. The van der Waals surface area contributed by atoms with Crippen molar-refractivity contribution in [2.75, 3.05) is 6.54 Å². The van der Waals surface area contributed by atoms with Gasteiger partial charge in [0.1, 0.15) is 18.1 Å². The van der Waals surface area contributed by atoms with Crippen molar-refractivity contribution in [2.24, 2.45) is 0 Å². The SMILES string of the molecule is CCNCc1oc(COCc2cccs2)cc1C. The Balaban J connectivity index is 1.82. The van der Waals surface area contributed by atoms with Crippen LogP contribution in [0.4, 0.5) is 0 Å². The van der Waals surface area contributed by atoms with Crippen LogP contribution in [0, 0.1) is 6.92 Å². The highest BCUT2D eigenvalue weighted by Crippen LogP contribution is 2.17. The molecular formula is C14H19NO2S. The highest BCUT2D eigenvalue weighted by molar-refractivity contribution is 7.09. The summed E-state index contributed by atoms with van der Waals surface area (Å²) in [7, 11) is 0. The van der Waals surface area contributed by atoms with Crippen LogP contribution in [0.3, 0.4) is 0 Å². The molecule has 4 heteroatoms. The average Bonchev–Trinajstić information content (AvgIpc) is 2.97. The molecule has 0 atom stereocenters. The summed E-state index contributed by atoms with van der Waals surface area (Å²) in [6, 6.07) is 6.17. The van der Waals surface area contributed by atoms with E-state index in [2.05, 4.69) is 36.7 Å². The largest absolute Gasteiger partial charge is 0.462 e. The Morgan fingerprint density at radius 1 is 1.39 bits per heavy atom. The summed E-state index contributed by atoms with van der Waals surface area (Å²) in [6.07, 6.45) is 0. The molecule has 0 aliphatic rings. The van der Waals surface area contributed by atoms with Gasteiger partial charge in [-0.1, -0.05) is 13.0 Å². The fraction of sp³-hybridized carbons (Fsp3) is 0.429. The van der Waals surface area contributed by atoms with Crippen LogP contribution in [0.2, 0.25) is 0 Å². The Labute approximate surface area is 112 Å². The molecule has 0 spiro atoms. The molecule has 0 amide bonds. The van der Waals surface area contributed by atoms with Crippen LogP contribution in [-0.2, 0) is 24.5 Å². The zero-order valence-corrected chi connectivity index (χ0v) is 11.7. The lowest BCUT2D eigenvalue weighted by Crippen LogP contribution is -2.11. The molecule has 0 aliphatic heterocycles. The van der Waals surface area contributed by atoms with Gasteiger partial charge in [0.15, 0.2) is 0 Å². The molecule has 3 nitrogen and oxygen atoms in total. The van der Waals surface area contributed by atoms with Gasteiger partial charge in [-0.2, -0.15) is 0 Å². The molecule has 2 rings (SSSR count). The third-order valence-electron chi connectivity index (χ3n) is 2.68. The Kier molecular flexibility index (Phi) is 4.99. The van der Waals surface area contributed by atoms with Gasteiger partial charge in [0.05, 0.1) is 13.2 Å². The van der Waals surface area contributed by atoms with E-state index in [1.165, 1.54) is 10.4 Å². The summed E-state index contributed by atoms with van der Waals surface area (Å²) < 4.78 is 11.4. The van der Waals surface area contributed by atoms with Gasteiger partial charge in [-0.25, -0.2) is 0 Å². The first-order valence-corrected chi connectivity index (χ1v) is 7.06. The molecule has 2 aromatic heterocycles. The van der Waals surface area contributed by atoms with Gasteiger partial charge < -0.3 is 14.5 Å². The summed E-state index contributed by atoms with van der Waals surface area (Å²) in [4.78, 5) is 1.24. The van der Waals surface area contributed by atoms with E-state index in [1.807, 2.05) is 6.07 Å². The minimum atomic E-state index is 0.533.